The van der Waals surface area contributed by atoms with Crippen molar-refractivity contribution >= 4 is 0 Å². The van der Waals surface area contributed by atoms with Crippen molar-refractivity contribution in [3.05, 3.63) is 23.2 Å². The van der Waals surface area contributed by atoms with Crippen LogP contribution in [0, 0.1) is 25.2 Å². The topological polar surface area (TPSA) is 28.4 Å². The smallest absolute Gasteiger partial charge is 0.118 e. The molecule has 3 nitrogen and oxygen atoms in total. The van der Waals surface area contributed by atoms with Crippen molar-refractivity contribution in [3.8, 4) is 12.3 Å². The Labute approximate surface area is 122 Å². The van der Waals surface area contributed by atoms with E-state index < -0.39 is 0 Å². The summed E-state index contributed by atoms with van der Waals surface area (Å²) in [5.74, 6) is 5.64. The van der Waals surface area contributed by atoms with Gasteiger partial charge in [-0.3, -0.25) is 4.90 Å². The van der Waals surface area contributed by atoms with Gasteiger partial charge in [0.15, 0.2) is 0 Å². The quantitative estimate of drug-likeness (QED) is 0.739. The fourth-order valence-corrected chi connectivity index (χ4v) is 2.36. The monoisotopic (exact) mass is 274 g/mol. The number of terminal acetylenes is 1. The van der Waals surface area contributed by atoms with Gasteiger partial charge in [0, 0.05) is 24.7 Å². The van der Waals surface area contributed by atoms with Crippen molar-refractivity contribution in [2.75, 3.05) is 13.1 Å². The van der Waals surface area contributed by atoms with E-state index in [-0.39, 0.29) is 0 Å². The van der Waals surface area contributed by atoms with E-state index in [1.54, 1.807) is 0 Å². The Balaban J connectivity index is 1.93. The Hall–Kier alpha value is -1.24. The molecule has 1 fully saturated rings. The number of aryl methyl sites for hydroxylation is 1. The Kier molecular flexibility index (Phi) is 5.28. The minimum absolute atomic E-state index is 0.487. The average molecular weight is 274 g/mol. The van der Waals surface area contributed by atoms with Crippen LogP contribution in [0.2, 0.25) is 0 Å². The molecule has 2 rings (SSSR count). The molecular weight excluding hydrogens is 248 g/mol. The predicted octanol–water partition coefficient (Wildman–Crippen LogP) is 2.93. The molecule has 0 bridgehead atoms. The second-order valence-electron chi connectivity index (χ2n) is 6.15. The van der Waals surface area contributed by atoms with Crippen LogP contribution in [0.3, 0.4) is 0 Å². The van der Waals surface area contributed by atoms with Crippen molar-refractivity contribution in [1.29, 1.82) is 0 Å². The zero-order valence-corrected chi connectivity index (χ0v) is 12.9. The summed E-state index contributed by atoms with van der Waals surface area (Å²) in [5, 5.41) is 3.43. The van der Waals surface area contributed by atoms with Crippen LogP contribution in [-0.2, 0) is 13.1 Å². The molecule has 0 spiro atoms. The van der Waals surface area contributed by atoms with Crippen LogP contribution in [0.1, 0.15) is 43.8 Å². The molecule has 0 radical (unpaired) electrons. The van der Waals surface area contributed by atoms with Crippen molar-refractivity contribution < 1.29 is 4.42 Å². The Morgan fingerprint density at radius 1 is 1.50 bits per heavy atom. The van der Waals surface area contributed by atoms with E-state index in [0.717, 1.165) is 37.1 Å². The molecule has 0 amide bonds. The number of nitrogens with zero attached hydrogens (tertiary/aromatic N) is 1. The Morgan fingerprint density at radius 2 is 2.25 bits per heavy atom. The zero-order chi connectivity index (χ0) is 14.5. The lowest BCUT2D eigenvalue weighted by Gasteiger charge is -2.17. The molecule has 0 atom stereocenters. The average Bonchev–Trinajstić information content (AvgIpc) is 3.11. The predicted molar refractivity (Wildman–Crippen MR) is 82.3 cm³/mol. The summed E-state index contributed by atoms with van der Waals surface area (Å²) in [6.07, 6.45) is 8.16. The van der Waals surface area contributed by atoms with Gasteiger partial charge in [-0.25, -0.2) is 0 Å². The molecule has 1 aliphatic rings. The first kappa shape index (κ1) is 15.2. The second-order valence-corrected chi connectivity index (χ2v) is 6.15. The van der Waals surface area contributed by atoms with Gasteiger partial charge < -0.3 is 9.73 Å². The molecule has 20 heavy (non-hydrogen) atoms. The fraction of sp³-hybridized carbons (Fsp3) is 0.647. The van der Waals surface area contributed by atoms with Crippen molar-refractivity contribution in [2.45, 2.75) is 52.7 Å². The molecule has 0 aliphatic heterocycles. The van der Waals surface area contributed by atoms with Crippen LogP contribution in [0.5, 0.6) is 0 Å². The number of nitrogens with one attached hydrogen (secondary N) is 1. The number of hydrogen-bond donors (Lipinski definition) is 1. The Morgan fingerprint density at radius 3 is 2.85 bits per heavy atom. The first-order valence-electron chi connectivity index (χ1n) is 7.56. The van der Waals surface area contributed by atoms with E-state index >= 15 is 0 Å². The zero-order valence-electron chi connectivity index (χ0n) is 12.9. The maximum atomic E-state index is 5.88. The molecule has 1 heterocycles. The van der Waals surface area contributed by atoms with Gasteiger partial charge in [0.25, 0.3) is 0 Å². The Bertz CT molecular complexity index is 466. The van der Waals surface area contributed by atoms with Crippen molar-refractivity contribution in [1.82, 2.24) is 10.2 Å². The number of hydrogen-bond acceptors (Lipinski definition) is 3. The molecule has 1 aliphatic carbocycles. The van der Waals surface area contributed by atoms with Crippen LogP contribution in [-0.4, -0.2) is 24.0 Å². The van der Waals surface area contributed by atoms with E-state index in [0.29, 0.717) is 12.6 Å². The highest BCUT2D eigenvalue weighted by Gasteiger charge is 2.24. The first-order valence-corrected chi connectivity index (χ1v) is 7.56. The highest BCUT2D eigenvalue weighted by molar-refractivity contribution is 5.21. The highest BCUT2D eigenvalue weighted by Crippen LogP contribution is 2.30. The molecule has 0 aromatic carbocycles. The van der Waals surface area contributed by atoms with Gasteiger partial charge >= 0.3 is 0 Å². The number of furan rings is 1. The van der Waals surface area contributed by atoms with Crippen molar-refractivity contribution in [3.63, 3.8) is 0 Å². The van der Waals surface area contributed by atoms with Gasteiger partial charge in [0.05, 0.1) is 13.1 Å². The highest BCUT2D eigenvalue weighted by atomic mass is 16.3. The standard InChI is InChI=1S/C17H26N2O/c1-5-8-19(11-15-6-7-15)12-17-9-16(14(4)20-17)10-18-13(2)3/h1,9,13,15,18H,6-8,10-12H2,2-4H3. The third-order valence-electron chi connectivity index (χ3n) is 3.68. The molecule has 3 heteroatoms. The third kappa shape index (κ3) is 4.70. The van der Waals surface area contributed by atoms with Gasteiger partial charge in [-0.15, -0.1) is 6.42 Å². The summed E-state index contributed by atoms with van der Waals surface area (Å²) >= 11 is 0. The van der Waals surface area contributed by atoms with Gasteiger partial charge in [-0.2, -0.15) is 0 Å². The van der Waals surface area contributed by atoms with Crippen LogP contribution in [0.25, 0.3) is 0 Å². The molecular formula is C17H26N2O. The third-order valence-corrected chi connectivity index (χ3v) is 3.68. The van der Waals surface area contributed by atoms with Crippen LogP contribution in [0.15, 0.2) is 10.5 Å². The van der Waals surface area contributed by atoms with Crippen LogP contribution in [0.4, 0.5) is 0 Å². The molecule has 1 aromatic rings. The van der Waals surface area contributed by atoms with Gasteiger partial charge in [0.2, 0.25) is 0 Å². The summed E-state index contributed by atoms with van der Waals surface area (Å²) in [6.45, 7) is 9.84. The molecule has 0 saturated heterocycles. The second kappa shape index (κ2) is 6.97. The van der Waals surface area contributed by atoms with Crippen molar-refractivity contribution in [2.24, 2.45) is 5.92 Å². The van der Waals surface area contributed by atoms with E-state index in [1.165, 1.54) is 18.4 Å². The molecule has 1 N–H and O–H groups in total. The molecule has 110 valence electrons. The number of rotatable bonds is 8. The van der Waals surface area contributed by atoms with Crippen LogP contribution >= 0.6 is 0 Å². The minimum atomic E-state index is 0.487. The lowest BCUT2D eigenvalue weighted by molar-refractivity contribution is 0.260. The summed E-state index contributed by atoms with van der Waals surface area (Å²) in [5.41, 5.74) is 1.25. The van der Waals surface area contributed by atoms with Crippen LogP contribution < -0.4 is 5.32 Å². The van der Waals surface area contributed by atoms with E-state index in [9.17, 15) is 0 Å². The summed E-state index contributed by atoms with van der Waals surface area (Å²) in [4.78, 5) is 2.32. The first-order chi connectivity index (χ1) is 9.58. The van der Waals surface area contributed by atoms with E-state index in [2.05, 4.69) is 36.1 Å². The normalized spacial score (nSPS) is 15.0. The minimum Gasteiger partial charge on any atom is -0.465 e. The maximum Gasteiger partial charge on any atom is 0.118 e. The van der Waals surface area contributed by atoms with Gasteiger partial charge in [-0.05, 0) is 31.7 Å². The lowest BCUT2D eigenvalue weighted by atomic mass is 10.2. The SMILES string of the molecule is C#CCN(Cc1cc(CNC(C)C)c(C)o1)CC1CC1. The summed E-state index contributed by atoms with van der Waals surface area (Å²) in [7, 11) is 0. The summed E-state index contributed by atoms with van der Waals surface area (Å²) in [6, 6.07) is 2.65. The largest absolute Gasteiger partial charge is 0.465 e. The van der Waals surface area contributed by atoms with E-state index in [1.807, 2.05) is 6.92 Å². The van der Waals surface area contributed by atoms with Gasteiger partial charge in [-0.1, -0.05) is 19.8 Å². The maximum absolute atomic E-state index is 5.88. The van der Waals surface area contributed by atoms with Gasteiger partial charge in [0.1, 0.15) is 11.5 Å². The lowest BCUT2D eigenvalue weighted by Crippen LogP contribution is -2.25. The van der Waals surface area contributed by atoms with E-state index in [4.69, 9.17) is 10.8 Å². The molecule has 1 saturated carbocycles. The fourth-order valence-electron chi connectivity index (χ4n) is 2.36. The molecule has 0 unspecified atom stereocenters. The molecule has 1 aromatic heterocycles. The summed E-state index contributed by atoms with van der Waals surface area (Å²) < 4.78 is 5.88.